The molecule has 1 N–H and O–H groups in total. The van der Waals surface area contributed by atoms with E-state index in [1.165, 1.54) is 28.7 Å². The standard InChI is InChI=1S/C29H26F3N7O3/c1-4-36-12-13-37(17-36)11-10-20-14-19(16-33)8-9-23(20)25-24(26(40)42-3)18(2)38(27-34-35-28(41)39(25)27)22-7-5-6-21(15-22)29(30,31)32/h5-9,12-15,17,25H,4,10-11H2,1-3H3/p+1/t25-/m1/s1. The number of benzene rings is 2. The van der Waals surface area contributed by atoms with Gasteiger partial charge < -0.3 is 4.74 Å². The summed E-state index contributed by atoms with van der Waals surface area (Å²) in [5.74, 6) is -0.767. The summed E-state index contributed by atoms with van der Waals surface area (Å²) in [5.41, 5.74) is 0.414. The number of aryl methyl sites for hydroxylation is 3. The minimum atomic E-state index is -4.62. The molecule has 0 unspecified atom stereocenters. The molecule has 0 saturated carbocycles. The van der Waals surface area contributed by atoms with Gasteiger partial charge in [-0.2, -0.15) is 18.4 Å². The number of fused-ring (bicyclic) bond motifs is 1. The fourth-order valence-electron chi connectivity index (χ4n) is 5.24. The number of rotatable bonds is 7. The summed E-state index contributed by atoms with van der Waals surface area (Å²) < 4.78 is 51.1. The Balaban J connectivity index is 1.70. The maximum absolute atomic E-state index is 13.6. The molecular weight excluding hydrogens is 551 g/mol. The summed E-state index contributed by atoms with van der Waals surface area (Å²) in [7, 11) is 1.19. The summed E-state index contributed by atoms with van der Waals surface area (Å²) in [6.07, 6.45) is 1.65. The van der Waals surface area contributed by atoms with Crippen molar-refractivity contribution in [2.24, 2.45) is 0 Å². The van der Waals surface area contributed by atoms with Crippen LogP contribution in [0, 0.1) is 11.3 Å². The largest absolute Gasteiger partial charge is 0.466 e. The summed E-state index contributed by atoms with van der Waals surface area (Å²) in [6, 6.07) is 10.6. The van der Waals surface area contributed by atoms with E-state index in [2.05, 4.69) is 16.3 Å². The second-order valence-corrected chi connectivity index (χ2v) is 9.73. The Morgan fingerprint density at radius 3 is 2.69 bits per heavy atom. The van der Waals surface area contributed by atoms with Crippen molar-refractivity contribution in [1.82, 2.24) is 19.3 Å². The summed E-state index contributed by atoms with van der Waals surface area (Å²) in [6.45, 7) is 4.93. The molecule has 42 heavy (non-hydrogen) atoms. The Kier molecular flexibility index (Phi) is 7.47. The van der Waals surface area contributed by atoms with Crippen molar-refractivity contribution in [2.75, 3.05) is 12.0 Å². The quantitative estimate of drug-likeness (QED) is 0.262. The summed E-state index contributed by atoms with van der Waals surface area (Å²) in [5, 5.41) is 16.1. The van der Waals surface area contributed by atoms with Crippen molar-refractivity contribution in [2.45, 2.75) is 45.6 Å². The van der Waals surface area contributed by atoms with Crippen molar-refractivity contribution < 1.29 is 27.3 Å². The van der Waals surface area contributed by atoms with Crippen LogP contribution in [0.25, 0.3) is 0 Å². The van der Waals surface area contributed by atoms with E-state index in [0.29, 0.717) is 29.7 Å². The Bertz CT molecular complexity index is 1790. The second-order valence-electron chi connectivity index (χ2n) is 9.73. The van der Waals surface area contributed by atoms with E-state index in [1.807, 2.05) is 34.8 Å². The highest BCUT2D eigenvalue weighted by molar-refractivity contribution is 5.93. The zero-order valence-corrected chi connectivity index (χ0v) is 23.0. The second kappa shape index (κ2) is 11.0. The van der Waals surface area contributed by atoms with Crippen LogP contribution < -0.4 is 15.2 Å². The van der Waals surface area contributed by atoms with E-state index in [-0.39, 0.29) is 22.9 Å². The van der Waals surface area contributed by atoms with Crippen LogP contribution in [-0.4, -0.2) is 32.4 Å². The Hall–Kier alpha value is -5.12. The van der Waals surface area contributed by atoms with Gasteiger partial charge in [0.1, 0.15) is 18.4 Å². The predicted molar refractivity (Wildman–Crippen MR) is 144 cm³/mol. The number of nitriles is 1. The van der Waals surface area contributed by atoms with Gasteiger partial charge in [-0.1, -0.05) is 12.1 Å². The molecule has 0 spiro atoms. The number of nitrogens with one attached hydrogen (secondary N) is 1. The number of H-pyrrole nitrogens is 1. The molecule has 0 amide bonds. The number of esters is 1. The monoisotopic (exact) mass is 578 g/mol. The number of methoxy groups -OCH3 is 1. The number of hydrogen-bond donors (Lipinski definition) is 1. The van der Waals surface area contributed by atoms with E-state index in [1.54, 1.807) is 25.1 Å². The first-order valence-corrected chi connectivity index (χ1v) is 13.1. The molecule has 1 atom stereocenters. The number of aromatic nitrogens is 5. The summed E-state index contributed by atoms with van der Waals surface area (Å²) in [4.78, 5) is 28.0. The fourth-order valence-corrected chi connectivity index (χ4v) is 5.24. The molecule has 1 aliphatic heterocycles. The first-order valence-electron chi connectivity index (χ1n) is 13.1. The van der Waals surface area contributed by atoms with E-state index in [9.17, 15) is 28.0 Å². The van der Waals surface area contributed by atoms with Crippen LogP contribution in [0.4, 0.5) is 24.8 Å². The Morgan fingerprint density at radius 2 is 2.02 bits per heavy atom. The third-order valence-corrected chi connectivity index (χ3v) is 7.30. The van der Waals surface area contributed by atoms with E-state index < -0.39 is 29.4 Å². The number of aromatic amines is 1. The molecule has 0 aliphatic carbocycles. The highest BCUT2D eigenvalue weighted by Gasteiger charge is 2.41. The molecule has 5 rings (SSSR count). The number of hydrogen-bond acceptors (Lipinski definition) is 6. The highest BCUT2D eigenvalue weighted by Crippen LogP contribution is 2.43. The van der Waals surface area contributed by atoms with Gasteiger partial charge in [0.25, 0.3) is 0 Å². The van der Waals surface area contributed by atoms with Crippen LogP contribution in [-0.2, 0) is 35.2 Å². The SMILES string of the molecule is CCn1cc[n+](CCc2cc(C#N)ccc2[C@@H]2C(C(=O)OC)=C(C)N(c3cccc(C(F)(F)F)c3)c3n[nH]c(=O)n32)c1. The van der Waals surface area contributed by atoms with Crippen LogP contribution in [0.2, 0.25) is 0 Å². The lowest BCUT2D eigenvalue weighted by molar-refractivity contribution is -0.696. The van der Waals surface area contributed by atoms with Gasteiger partial charge in [0.15, 0.2) is 0 Å². The van der Waals surface area contributed by atoms with Gasteiger partial charge in [-0.05, 0) is 55.3 Å². The van der Waals surface area contributed by atoms with Crippen molar-refractivity contribution in [3.8, 4) is 6.07 Å². The maximum atomic E-state index is 13.6. The van der Waals surface area contributed by atoms with Gasteiger partial charge in [-0.3, -0.25) is 4.90 Å². The van der Waals surface area contributed by atoms with Gasteiger partial charge in [0.2, 0.25) is 12.3 Å². The lowest BCUT2D eigenvalue weighted by atomic mass is 9.89. The highest BCUT2D eigenvalue weighted by atomic mass is 19.4. The first-order chi connectivity index (χ1) is 20.1. The molecule has 2 aromatic carbocycles. The van der Waals surface area contributed by atoms with Crippen LogP contribution in [0.15, 0.2) is 77.3 Å². The van der Waals surface area contributed by atoms with Crippen LogP contribution >= 0.6 is 0 Å². The third-order valence-electron chi connectivity index (χ3n) is 7.30. The topological polar surface area (TPSA) is 113 Å². The van der Waals surface area contributed by atoms with Crippen molar-refractivity contribution in [1.29, 1.82) is 5.26 Å². The number of alkyl halides is 3. The van der Waals surface area contributed by atoms with Crippen LogP contribution in [0.1, 0.15) is 42.1 Å². The van der Waals surface area contributed by atoms with Gasteiger partial charge in [-0.25, -0.2) is 28.4 Å². The molecule has 2 aromatic heterocycles. The molecule has 3 heterocycles. The van der Waals surface area contributed by atoms with Crippen LogP contribution in [0.5, 0.6) is 0 Å². The maximum Gasteiger partial charge on any atom is 0.416 e. The molecule has 0 fully saturated rings. The minimum absolute atomic E-state index is 0.000755. The number of carbonyl (C=O) groups is 1. The van der Waals surface area contributed by atoms with Gasteiger partial charge in [0, 0.05) is 17.8 Å². The molecule has 4 aromatic rings. The molecule has 216 valence electrons. The average Bonchev–Trinajstić information content (AvgIpc) is 3.61. The Morgan fingerprint density at radius 1 is 1.24 bits per heavy atom. The zero-order chi connectivity index (χ0) is 30.2. The van der Waals surface area contributed by atoms with E-state index in [4.69, 9.17) is 4.74 Å². The average molecular weight is 579 g/mol. The van der Waals surface area contributed by atoms with Crippen molar-refractivity contribution in [3.63, 3.8) is 0 Å². The number of halogens is 3. The van der Waals surface area contributed by atoms with Gasteiger partial charge in [0.05, 0.1) is 43.0 Å². The molecular formula is C29H27F3N7O3+. The number of ether oxygens (including phenoxy) is 1. The summed E-state index contributed by atoms with van der Waals surface area (Å²) >= 11 is 0. The normalized spacial score (nSPS) is 15.0. The number of nitrogens with zero attached hydrogens (tertiary/aromatic N) is 6. The minimum Gasteiger partial charge on any atom is -0.466 e. The van der Waals surface area contributed by atoms with Gasteiger partial charge in [-0.15, -0.1) is 5.10 Å². The Labute approximate surface area is 238 Å². The molecule has 0 bridgehead atoms. The number of anilines is 2. The number of allylic oxidation sites excluding steroid dienone is 1. The molecule has 0 saturated heterocycles. The molecule has 0 radical (unpaired) electrons. The van der Waals surface area contributed by atoms with Crippen molar-refractivity contribution >= 4 is 17.6 Å². The fraction of sp³-hybridized carbons (Fsp3) is 0.276. The van der Waals surface area contributed by atoms with E-state index >= 15 is 0 Å². The lowest BCUT2D eigenvalue weighted by Crippen LogP contribution is -2.38. The lowest BCUT2D eigenvalue weighted by Gasteiger charge is -2.36. The van der Waals surface area contributed by atoms with Gasteiger partial charge >= 0.3 is 17.8 Å². The van der Waals surface area contributed by atoms with E-state index in [0.717, 1.165) is 18.7 Å². The van der Waals surface area contributed by atoms with Crippen molar-refractivity contribution in [3.05, 3.63) is 105 Å². The molecule has 10 nitrogen and oxygen atoms in total. The number of carbonyl (C=O) groups excluding carboxylic acids is 1. The number of imidazole rings is 1. The smallest absolute Gasteiger partial charge is 0.416 e. The molecule has 1 aliphatic rings. The van der Waals surface area contributed by atoms with Crippen LogP contribution in [0.3, 0.4) is 0 Å². The predicted octanol–water partition coefficient (Wildman–Crippen LogP) is 4.00. The molecule has 13 heteroatoms. The zero-order valence-electron chi connectivity index (χ0n) is 23.0. The first kappa shape index (κ1) is 28.4. The third kappa shape index (κ3) is 5.07.